The number of aromatic amines is 1. The zero-order valence-electron chi connectivity index (χ0n) is 14.4. The number of benzene rings is 3. The predicted molar refractivity (Wildman–Crippen MR) is 113 cm³/mol. The second kappa shape index (κ2) is 7.32. The third-order valence-electron chi connectivity index (χ3n) is 4.90. The van der Waals surface area contributed by atoms with Crippen LogP contribution in [0, 0.1) is 0 Å². The molecule has 2 nitrogen and oxygen atoms in total. The Morgan fingerprint density at radius 3 is 2.35 bits per heavy atom. The van der Waals surface area contributed by atoms with E-state index in [0.717, 1.165) is 36.0 Å². The van der Waals surface area contributed by atoms with Gasteiger partial charge in [0.1, 0.15) is 0 Å². The van der Waals surface area contributed by atoms with E-state index in [1.54, 1.807) is 0 Å². The van der Waals surface area contributed by atoms with E-state index < -0.39 is 0 Å². The van der Waals surface area contributed by atoms with Gasteiger partial charge in [-0.15, -0.1) is 0 Å². The van der Waals surface area contributed by atoms with Gasteiger partial charge >= 0.3 is 0 Å². The summed E-state index contributed by atoms with van der Waals surface area (Å²) in [5.74, 6) is 0. The van der Waals surface area contributed by atoms with Crippen LogP contribution in [-0.2, 0) is 6.42 Å². The minimum Gasteiger partial charge on any atom is -0.354 e. The molecule has 0 saturated carbocycles. The van der Waals surface area contributed by atoms with Crippen molar-refractivity contribution < 1.29 is 0 Å². The van der Waals surface area contributed by atoms with Crippen LogP contribution in [0.1, 0.15) is 18.4 Å². The van der Waals surface area contributed by atoms with Crippen molar-refractivity contribution >= 4 is 44.9 Å². The molecule has 26 heavy (non-hydrogen) atoms. The summed E-state index contributed by atoms with van der Waals surface area (Å²) in [4.78, 5) is 3.63. The van der Waals surface area contributed by atoms with Crippen molar-refractivity contribution in [3.05, 3.63) is 70.2 Å². The van der Waals surface area contributed by atoms with Gasteiger partial charge in [0, 0.05) is 16.3 Å². The lowest BCUT2D eigenvalue weighted by molar-refractivity contribution is 0.748. The first-order chi connectivity index (χ1) is 12.7. The molecule has 0 spiro atoms. The lowest BCUT2D eigenvalue weighted by Crippen LogP contribution is -1.99. The van der Waals surface area contributed by atoms with Crippen LogP contribution in [0.25, 0.3) is 32.9 Å². The second-order valence-corrected chi connectivity index (χ2v) is 7.34. The molecule has 132 valence electrons. The van der Waals surface area contributed by atoms with Crippen LogP contribution >= 0.6 is 23.2 Å². The summed E-state index contributed by atoms with van der Waals surface area (Å²) in [6.45, 7) is 0.702. The van der Waals surface area contributed by atoms with Crippen molar-refractivity contribution in [2.24, 2.45) is 5.73 Å². The molecular formula is C22H20Cl2N2. The van der Waals surface area contributed by atoms with Crippen molar-refractivity contribution in [2.75, 3.05) is 6.54 Å². The highest BCUT2D eigenvalue weighted by molar-refractivity contribution is 6.39. The van der Waals surface area contributed by atoms with Gasteiger partial charge in [-0.25, -0.2) is 0 Å². The van der Waals surface area contributed by atoms with Crippen LogP contribution < -0.4 is 5.73 Å². The molecule has 0 aliphatic carbocycles. The van der Waals surface area contributed by atoms with E-state index in [4.69, 9.17) is 28.9 Å². The Balaban J connectivity index is 2.01. The third-order valence-corrected chi connectivity index (χ3v) is 5.53. The van der Waals surface area contributed by atoms with Gasteiger partial charge in [0.2, 0.25) is 0 Å². The second-order valence-electron chi connectivity index (χ2n) is 6.53. The quantitative estimate of drug-likeness (QED) is 0.376. The molecule has 4 heteroatoms. The number of nitrogens with two attached hydrogens (primary N) is 1. The Hall–Kier alpha value is -2.00. The minimum atomic E-state index is 0.661. The molecule has 0 fully saturated rings. The van der Waals surface area contributed by atoms with Gasteiger partial charge in [-0.3, -0.25) is 0 Å². The van der Waals surface area contributed by atoms with Crippen LogP contribution in [0.15, 0.2) is 54.6 Å². The summed E-state index contributed by atoms with van der Waals surface area (Å²) < 4.78 is 0. The Bertz CT molecular complexity index is 1060. The summed E-state index contributed by atoms with van der Waals surface area (Å²) in [6, 6.07) is 18.4. The van der Waals surface area contributed by atoms with E-state index in [1.807, 2.05) is 18.2 Å². The molecule has 0 saturated heterocycles. The van der Waals surface area contributed by atoms with Gasteiger partial charge in [-0.1, -0.05) is 65.7 Å². The van der Waals surface area contributed by atoms with Gasteiger partial charge in [-0.2, -0.15) is 0 Å². The highest BCUT2D eigenvalue weighted by Crippen LogP contribution is 2.41. The molecular weight excluding hydrogens is 363 g/mol. The van der Waals surface area contributed by atoms with Gasteiger partial charge in [0.25, 0.3) is 0 Å². The fourth-order valence-electron chi connectivity index (χ4n) is 3.65. The fraction of sp³-hybridized carbons (Fsp3) is 0.182. The number of aryl methyl sites for hydroxylation is 1. The van der Waals surface area contributed by atoms with Crippen molar-refractivity contribution in [3.8, 4) is 11.3 Å². The average molecular weight is 383 g/mol. The van der Waals surface area contributed by atoms with E-state index in [9.17, 15) is 0 Å². The SMILES string of the molecule is NCCCCc1c(-c2c(Cl)cccc2Cl)[nH]c2c1ccc1ccccc12. The zero-order chi connectivity index (χ0) is 18.1. The van der Waals surface area contributed by atoms with Crippen LogP contribution in [0.3, 0.4) is 0 Å². The normalized spacial score (nSPS) is 11.5. The third kappa shape index (κ3) is 2.99. The molecule has 0 aliphatic rings. The van der Waals surface area contributed by atoms with Gasteiger partial charge in [0.15, 0.2) is 0 Å². The Morgan fingerprint density at radius 2 is 1.58 bits per heavy atom. The standard InChI is InChI=1S/C22H20Cl2N2/c23-18-9-5-10-19(24)20(18)22-16(8-3-4-13-25)17-12-11-14-6-1-2-7-15(14)21(17)26-22/h1-2,5-7,9-12,26H,3-4,8,13,25H2. The molecule has 1 heterocycles. The Labute approximate surface area is 162 Å². The monoisotopic (exact) mass is 382 g/mol. The van der Waals surface area contributed by atoms with Crippen molar-refractivity contribution in [1.29, 1.82) is 0 Å². The maximum absolute atomic E-state index is 6.52. The van der Waals surface area contributed by atoms with Crippen LogP contribution in [0.5, 0.6) is 0 Å². The maximum Gasteiger partial charge on any atom is 0.0541 e. The number of halogens is 2. The van der Waals surface area contributed by atoms with Gasteiger partial charge in [-0.05, 0) is 48.9 Å². The lowest BCUT2D eigenvalue weighted by atomic mass is 9.98. The molecule has 0 radical (unpaired) electrons. The van der Waals surface area contributed by atoms with E-state index in [-0.39, 0.29) is 0 Å². The molecule has 0 atom stereocenters. The average Bonchev–Trinajstić information content (AvgIpc) is 3.01. The molecule has 3 N–H and O–H groups in total. The molecule has 0 unspecified atom stereocenters. The number of aromatic nitrogens is 1. The van der Waals surface area contributed by atoms with Crippen molar-refractivity contribution in [2.45, 2.75) is 19.3 Å². The van der Waals surface area contributed by atoms with Crippen LogP contribution in [0.4, 0.5) is 0 Å². The number of unbranched alkanes of at least 4 members (excludes halogenated alkanes) is 1. The first kappa shape index (κ1) is 17.4. The van der Waals surface area contributed by atoms with Gasteiger partial charge in [0.05, 0.1) is 21.3 Å². The molecule has 0 bridgehead atoms. The zero-order valence-corrected chi connectivity index (χ0v) is 15.9. The highest BCUT2D eigenvalue weighted by atomic mass is 35.5. The molecule has 1 aromatic heterocycles. The van der Waals surface area contributed by atoms with E-state index >= 15 is 0 Å². The molecule has 0 amide bonds. The molecule has 4 rings (SSSR count). The lowest BCUT2D eigenvalue weighted by Gasteiger charge is -2.09. The highest BCUT2D eigenvalue weighted by Gasteiger charge is 2.18. The first-order valence-electron chi connectivity index (χ1n) is 8.87. The number of fused-ring (bicyclic) bond motifs is 3. The summed E-state index contributed by atoms with van der Waals surface area (Å²) in [5.41, 5.74) is 9.99. The van der Waals surface area contributed by atoms with E-state index in [2.05, 4.69) is 41.4 Å². The summed E-state index contributed by atoms with van der Waals surface area (Å²) in [5, 5.41) is 4.97. The summed E-state index contributed by atoms with van der Waals surface area (Å²) in [7, 11) is 0. The number of hydrogen-bond acceptors (Lipinski definition) is 1. The smallest absolute Gasteiger partial charge is 0.0541 e. The summed E-state index contributed by atoms with van der Waals surface area (Å²) >= 11 is 13.0. The fourth-order valence-corrected chi connectivity index (χ4v) is 4.24. The Morgan fingerprint density at radius 1 is 0.808 bits per heavy atom. The molecule has 0 aliphatic heterocycles. The first-order valence-corrected chi connectivity index (χ1v) is 9.63. The Kier molecular flexibility index (Phi) is 4.90. The summed E-state index contributed by atoms with van der Waals surface area (Å²) in [6.07, 6.45) is 2.97. The minimum absolute atomic E-state index is 0.661. The maximum atomic E-state index is 6.52. The van der Waals surface area contributed by atoms with Gasteiger partial charge < -0.3 is 10.7 Å². The van der Waals surface area contributed by atoms with Crippen molar-refractivity contribution in [1.82, 2.24) is 4.98 Å². The number of H-pyrrole nitrogens is 1. The van der Waals surface area contributed by atoms with E-state index in [0.29, 0.717) is 16.6 Å². The van der Waals surface area contributed by atoms with E-state index in [1.165, 1.54) is 21.7 Å². The van der Waals surface area contributed by atoms with Crippen molar-refractivity contribution in [3.63, 3.8) is 0 Å². The predicted octanol–water partition coefficient (Wildman–Crippen LogP) is 6.58. The van der Waals surface area contributed by atoms with Crippen LogP contribution in [0.2, 0.25) is 10.0 Å². The number of hydrogen-bond donors (Lipinski definition) is 2. The number of nitrogens with one attached hydrogen (secondary N) is 1. The molecule has 4 aromatic rings. The number of rotatable bonds is 5. The van der Waals surface area contributed by atoms with Crippen LogP contribution in [-0.4, -0.2) is 11.5 Å². The topological polar surface area (TPSA) is 41.8 Å². The largest absolute Gasteiger partial charge is 0.354 e. The molecule has 3 aromatic carbocycles.